The number of benzene rings is 3. The molecular formula is C28H26ClFN2O2. The normalized spacial score (nSPS) is 21.3. The van der Waals surface area contributed by atoms with Gasteiger partial charge < -0.3 is 15.5 Å². The number of halogens is 2. The first-order valence-electron chi connectivity index (χ1n) is 11.5. The average Bonchev–Trinajstić information content (AvgIpc) is 2.86. The van der Waals surface area contributed by atoms with Gasteiger partial charge in [-0.3, -0.25) is 4.79 Å². The predicted octanol–water partition coefficient (Wildman–Crippen LogP) is 6.28. The van der Waals surface area contributed by atoms with Crippen LogP contribution in [0.3, 0.4) is 0 Å². The summed E-state index contributed by atoms with van der Waals surface area (Å²) < 4.78 is 20.0. The number of nitrogens with two attached hydrogens (primary N) is 1. The molecule has 0 radical (unpaired) electrons. The van der Waals surface area contributed by atoms with Gasteiger partial charge in [-0.1, -0.05) is 54.1 Å². The molecule has 1 aromatic heterocycles. The molecule has 6 heteroatoms. The molecule has 34 heavy (non-hydrogen) atoms. The quantitative estimate of drug-likeness (QED) is 0.356. The number of aromatic amines is 1. The minimum absolute atomic E-state index is 0.0338. The molecule has 0 amide bonds. The van der Waals surface area contributed by atoms with Gasteiger partial charge in [-0.15, -0.1) is 0 Å². The maximum absolute atomic E-state index is 13.7. The molecule has 0 unspecified atom stereocenters. The number of pyridine rings is 1. The summed E-state index contributed by atoms with van der Waals surface area (Å²) in [6.07, 6.45) is 4.73. The first kappa shape index (κ1) is 22.6. The third-order valence-electron chi connectivity index (χ3n) is 7.12. The van der Waals surface area contributed by atoms with Crippen LogP contribution < -0.4 is 16.0 Å². The molecule has 0 saturated heterocycles. The second-order valence-corrected chi connectivity index (χ2v) is 9.45. The van der Waals surface area contributed by atoms with Gasteiger partial charge in [0.15, 0.2) is 0 Å². The molecule has 3 aromatic carbocycles. The maximum Gasteiger partial charge on any atom is 0.255 e. The second-order valence-electron chi connectivity index (χ2n) is 9.05. The molecule has 1 aliphatic carbocycles. The van der Waals surface area contributed by atoms with Crippen molar-refractivity contribution in [3.8, 4) is 5.75 Å². The molecule has 4 aromatic rings. The van der Waals surface area contributed by atoms with Crippen LogP contribution in [0.2, 0.25) is 5.02 Å². The van der Waals surface area contributed by atoms with E-state index in [1.165, 1.54) is 12.1 Å². The standard InChI is InChI=1S/C28H26ClFN2O2/c29-24-17-23-19(12-15-32-27(23)33)16-25(24)34-22-10-13-28(14-11-22,20-6-8-21(30)9-7-20)26(31)18-4-2-1-3-5-18/h1-9,12,15-17,22,26H,10-11,13-14,31H2,(H,32,33)/t22?,26-,28?/m1/s1. The third kappa shape index (κ3) is 4.22. The summed E-state index contributed by atoms with van der Waals surface area (Å²) in [6, 6.07) is 21.9. The summed E-state index contributed by atoms with van der Waals surface area (Å²) in [5, 5.41) is 1.74. The number of hydrogen-bond donors (Lipinski definition) is 2. The largest absolute Gasteiger partial charge is 0.489 e. The van der Waals surface area contributed by atoms with Gasteiger partial charge in [0.1, 0.15) is 11.6 Å². The zero-order chi connectivity index (χ0) is 23.7. The van der Waals surface area contributed by atoms with E-state index in [2.05, 4.69) is 17.1 Å². The van der Waals surface area contributed by atoms with E-state index < -0.39 is 0 Å². The molecule has 0 spiro atoms. The zero-order valence-electron chi connectivity index (χ0n) is 18.6. The molecular weight excluding hydrogens is 451 g/mol. The van der Waals surface area contributed by atoms with Crippen LogP contribution in [0, 0.1) is 5.82 Å². The maximum atomic E-state index is 13.7. The number of hydrogen-bond acceptors (Lipinski definition) is 3. The van der Waals surface area contributed by atoms with Gasteiger partial charge in [-0.05, 0) is 72.5 Å². The van der Waals surface area contributed by atoms with Crippen LogP contribution in [0.25, 0.3) is 10.8 Å². The van der Waals surface area contributed by atoms with Crippen molar-refractivity contribution in [3.05, 3.63) is 111 Å². The van der Waals surface area contributed by atoms with E-state index >= 15 is 0 Å². The van der Waals surface area contributed by atoms with Gasteiger partial charge in [-0.2, -0.15) is 0 Å². The average molecular weight is 477 g/mol. The van der Waals surface area contributed by atoms with E-state index in [1.54, 1.807) is 12.3 Å². The van der Waals surface area contributed by atoms with E-state index in [4.69, 9.17) is 22.1 Å². The molecule has 0 bridgehead atoms. The highest BCUT2D eigenvalue weighted by atomic mass is 35.5. The summed E-state index contributed by atoms with van der Waals surface area (Å²) in [7, 11) is 0. The van der Waals surface area contributed by atoms with Crippen LogP contribution >= 0.6 is 11.6 Å². The lowest BCUT2D eigenvalue weighted by Crippen LogP contribution is -2.44. The summed E-state index contributed by atoms with van der Waals surface area (Å²) in [6.45, 7) is 0. The molecule has 4 nitrogen and oxygen atoms in total. The third-order valence-corrected chi connectivity index (χ3v) is 7.41. The fraction of sp³-hybridized carbons (Fsp3) is 0.250. The van der Waals surface area contributed by atoms with Crippen molar-refractivity contribution in [3.63, 3.8) is 0 Å². The number of rotatable bonds is 5. The van der Waals surface area contributed by atoms with Crippen molar-refractivity contribution in [2.45, 2.75) is 43.2 Å². The van der Waals surface area contributed by atoms with E-state index in [0.717, 1.165) is 42.2 Å². The first-order chi connectivity index (χ1) is 16.5. The molecule has 3 N–H and O–H groups in total. The van der Waals surface area contributed by atoms with Crippen molar-refractivity contribution in [1.29, 1.82) is 0 Å². The Bertz CT molecular complexity index is 1350. The molecule has 1 fully saturated rings. The molecule has 5 rings (SSSR count). The SMILES string of the molecule is N[C@H](c1ccccc1)C1(c2ccc(F)cc2)CCC(Oc2cc3cc[nH]c(=O)c3cc2Cl)CC1. The highest BCUT2D eigenvalue weighted by molar-refractivity contribution is 6.32. The lowest BCUT2D eigenvalue weighted by Gasteiger charge is -2.45. The summed E-state index contributed by atoms with van der Waals surface area (Å²) in [4.78, 5) is 14.7. The van der Waals surface area contributed by atoms with Crippen LogP contribution in [-0.2, 0) is 5.41 Å². The molecule has 1 aliphatic rings. The molecule has 1 saturated carbocycles. The zero-order valence-corrected chi connectivity index (χ0v) is 19.4. The van der Waals surface area contributed by atoms with Gasteiger partial charge in [0, 0.05) is 23.0 Å². The van der Waals surface area contributed by atoms with Crippen LogP contribution in [-0.4, -0.2) is 11.1 Å². The van der Waals surface area contributed by atoms with Crippen molar-refractivity contribution >= 4 is 22.4 Å². The molecule has 0 aliphatic heterocycles. The Labute approximate surface area is 202 Å². The summed E-state index contributed by atoms with van der Waals surface area (Å²) in [5.74, 6) is 0.320. The second kappa shape index (κ2) is 9.24. The van der Waals surface area contributed by atoms with Crippen molar-refractivity contribution in [2.75, 3.05) is 0 Å². The van der Waals surface area contributed by atoms with E-state index in [-0.39, 0.29) is 28.9 Å². The number of ether oxygens (including phenoxy) is 1. The Morgan fingerprint density at radius 1 is 1.03 bits per heavy atom. The molecule has 1 heterocycles. The van der Waals surface area contributed by atoms with Gasteiger partial charge in [0.25, 0.3) is 5.56 Å². The first-order valence-corrected chi connectivity index (χ1v) is 11.9. The van der Waals surface area contributed by atoms with E-state index in [9.17, 15) is 9.18 Å². The monoisotopic (exact) mass is 476 g/mol. The number of fused-ring (bicyclic) bond motifs is 1. The Balaban J connectivity index is 1.41. The molecule has 1 atom stereocenters. The molecule has 174 valence electrons. The van der Waals surface area contributed by atoms with Gasteiger partial charge in [0.2, 0.25) is 0 Å². The number of nitrogens with one attached hydrogen (secondary N) is 1. The van der Waals surface area contributed by atoms with Gasteiger partial charge >= 0.3 is 0 Å². The lowest BCUT2D eigenvalue weighted by molar-refractivity contribution is 0.104. The minimum Gasteiger partial charge on any atom is -0.489 e. The Morgan fingerprint density at radius 3 is 2.44 bits per heavy atom. The van der Waals surface area contributed by atoms with Crippen LogP contribution in [0.5, 0.6) is 5.75 Å². The van der Waals surface area contributed by atoms with Crippen LogP contribution in [0.15, 0.2) is 83.8 Å². The van der Waals surface area contributed by atoms with Crippen molar-refractivity contribution in [2.24, 2.45) is 5.73 Å². The van der Waals surface area contributed by atoms with Crippen molar-refractivity contribution < 1.29 is 9.13 Å². The van der Waals surface area contributed by atoms with Gasteiger partial charge in [0.05, 0.1) is 11.1 Å². The highest BCUT2D eigenvalue weighted by Gasteiger charge is 2.43. The summed E-state index contributed by atoms with van der Waals surface area (Å²) >= 11 is 6.46. The minimum atomic E-state index is -0.324. The Hall–Kier alpha value is -3.15. The fourth-order valence-corrected chi connectivity index (χ4v) is 5.43. The van der Waals surface area contributed by atoms with Crippen molar-refractivity contribution in [1.82, 2.24) is 4.98 Å². The predicted molar refractivity (Wildman–Crippen MR) is 134 cm³/mol. The van der Waals surface area contributed by atoms with Gasteiger partial charge in [-0.25, -0.2) is 4.39 Å². The highest BCUT2D eigenvalue weighted by Crippen LogP contribution is 2.48. The number of aromatic nitrogens is 1. The lowest BCUT2D eigenvalue weighted by atomic mass is 9.63. The van der Waals surface area contributed by atoms with E-state index in [0.29, 0.717) is 16.2 Å². The Kier molecular flexibility index (Phi) is 6.15. The fourth-order valence-electron chi connectivity index (χ4n) is 5.22. The number of H-pyrrole nitrogens is 1. The Morgan fingerprint density at radius 2 is 1.74 bits per heavy atom. The smallest absolute Gasteiger partial charge is 0.255 e. The summed E-state index contributed by atoms with van der Waals surface area (Å²) in [5.41, 5.74) is 8.49. The van der Waals surface area contributed by atoms with Crippen LogP contribution in [0.1, 0.15) is 42.9 Å². The van der Waals surface area contributed by atoms with E-state index in [1.807, 2.05) is 42.5 Å². The topological polar surface area (TPSA) is 68.1 Å². The van der Waals surface area contributed by atoms with Crippen LogP contribution in [0.4, 0.5) is 4.39 Å².